The number of furan rings is 1. The molecule has 488 valence electrons. The Labute approximate surface area is 570 Å². The summed E-state index contributed by atoms with van der Waals surface area (Å²) < 4.78 is 16.6. The van der Waals surface area contributed by atoms with Gasteiger partial charge in [0.25, 0.3) is 0 Å². The summed E-state index contributed by atoms with van der Waals surface area (Å²) in [4.78, 5) is 14.1. The fraction of sp³-hybridized carbons (Fsp3) is 0.326. The van der Waals surface area contributed by atoms with E-state index in [0.717, 1.165) is 66.6 Å². The minimum absolute atomic E-state index is 0.0941. The van der Waals surface area contributed by atoms with E-state index in [2.05, 4.69) is 322 Å². The highest BCUT2D eigenvalue weighted by atomic mass is 16.5. The molecule has 4 heterocycles. The largest absolute Gasteiger partial charge is 0.466 e. The number of rotatable bonds is 8. The Morgan fingerprint density at radius 1 is 0.417 bits per heavy atom. The van der Waals surface area contributed by atoms with Crippen LogP contribution in [0.25, 0.3) is 87.8 Å². The first-order chi connectivity index (χ1) is 44.9. The molecule has 0 aliphatic carbocycles. The molecule has 0 N–H and O–H groups in total. The number of para-hydroxylation sites is 4. The molecule has 7 nitrogen and oxygen atoms in total. The van der Waals surface area contributed by atoms with Gasteiger partial charge in [-0.05, 0) is 160 Å². The molecular formula is C89H95N5O2. The third-order valence-corrected chi connectivity index (χ3v) is 19.7. The Balaban J connectivity index is 1.05. The smallest absolute Gasteiger partial charge is 0.229 e. The predicted octanol–water partition coefficient (Wildman–Crippen LogP) is 25.8. The molecule has 0 bridgehead atoms. The Hall–Kier alpha value is -9.38. The van der Waals surface area contributed by atoms with Crippen LogP contribution in [0.4, 0.5) is 28.4 Å². The molecule has 0 spiro atoms. The maximum atomic E-state index is 8.07. The number of nitrogens with zero attached hydrogens (tertiary/aromatic N) is 5. The van der Waals surface area contributed by atoms with Crippen LogP contribution in [-0.2, 0) is 37.9 Å². The van der Waals surface area contributed by atoms with Gasteiger partial charge in [0.05, 0.1) is 40.1 Å². The van der Waals surface area contributed by atoms with Crippen molar-refractivity contribution in [3.05, 3.63) is 232 Å². The van der Waals surface area contributed by atoms with Gasteiger partial charge in [-0.3, -0.25) is 4.57 Å². The number of hydrogen-bond donors (Lipinski definition) is 0. The standard InChI is InChI=1S/C89H95N5O2/c1-83(2,3)57-40-41-91-77(50-57)94-75-39-38-68-67-30-26-33-72(90-22)81(67)96-82(68)79(75)69-37-36-63(52-76(69)94)95-64-47-56(78-70(88(16,17)18)31-27-32-71(78)89(19,20)21)46-62(51-64)92-53-93(74-35-24-23-34-73(74)92)80-65(54-42-58(84(4,5)6)48-59(43-54)85(7,8)9)28-25-29-66(80)55-44-60(86(10,11)12)49-61(45-55)87(13,14)15/h23-52H,53H2,1-21H3. The topological polar surface area (TPSA) is 51.0 Å². The summed E-state index contributed by atoms with van der Waals surface area (Å²) in [6, 6.07) is 65.4. The van der Waals surface area contributed by atoms with E-state index < -0.39 is 0 Å². The van der Waals surface area contributed by atoms with Crippen LogP contribution in [0.5, 0.6) is 11.5 Å². The van der Waals surface area contributed by atoms with Crippen molar-refractivity contribution in [2.45, 2.75) is 183 Å². The minimum Gasteiger partial charge on any atom is -0.466 e. The summed E-state index contributed by atoms with van der Waals surface area (Å²) in [6.45, 7) is 57.3. The number of anilines is 4. The lowest BCUT2D eigenvalue weighted by molar-refractivity contribution is 0.483. The summed E-state index contributed by atoms with van der Waals surface area (Å²) in [5, 5.41) is 3.83. The van der Waals surface area contributed by atoms with Crippen molar-refractivity contribution in [3.63, 3.8) is 0 Å². The molecule has 7 heteroatoms. The summed E-state index contributed by atoms with van der Waals surface area (Å²) in [7, 11) is 0. The van der Waals surface area contributed by atoms with Crippen LogP contribution in [0.1, 0.15) is 184 Å². The highest BCUT2D eigenvalue weighted by Gasteiger charge is 2.35. The van der Waals surface area contributed by atoms with Crippen LogP contribution < -0.4 is 14.5 Å². The molecule has 0 saturated heterocycles. The molecule has 13 rings (SSSR count). The van der Waals surface area contributed by atoms with Crippen LogP contribution in [-0.4, -0.2) is 16.2 Å². The number of pyridine rings is 1. The van der Waals surface area contributed by atoms with E-state index in [0.29, 0.717) is 29.4 Å². The number of ether oxygens (including phenoxy) is 1. The van der Waals surface area contributed by atoms with Gasteiger partial charge >= 0.3 is 0 Å². The Morgan fingerprint density at radius 3 is 1.48 bits per heavy atom. The summed E-state index contributed by atoms with van der Waals surface area (Å²) in [6.07, 6.45) is 1.92. The van der Waals surface area contributed by atoms with Crippen molar-refractivity contribution in [1.29, 1.82) is 0 Å². The molecule has 0 saturated carbocycles. The number of hydrogen-bond acceptors (Lipinski definition) is 5. The molecular weight excluding hydrogens is 1170 g/mol. The molecule has 0 atom stereocenters. The van der Waals surface area contributed by atoms with E-state index in [1.807, 2.05) is 24.4 Å². The quantitative estimate of drug-likeness (QED) is 0.142. The van der Waals surface area contributed by atoms with Gasteiger partial charge in [-0.15, -0.1) is 0 Å². The molecule has 1 aliphatic heterocycles. The van der Waals surface area contributed by atoms with Crippen LogP contribution >= 0.6 is 0 Å². The van der Waals surface area contributed by atoms with Crippen LogP contribution in [0.2, 0.25) is 0 Å². The lowest BCUT2D eigenvalue weighted by Gasteiger charge is -2.31. The Morgan fingerprint density at radius 2 is 0.938 bits per heavy atom. The van der Waals surface area contributed by atoms with E-state index in [-0.39, 0.29) is 37.9 Å². The first-order valence-corrected chi connectivity index (χ1v) is 34.3. The number of benzene rings is 9. The Kier molecular flexibility index (Phi) is 15.6. The van der Waals surface area contributed by atoms with E-state index in [9.17, 15) is 0 Å². The molecule has 0 fully saturated rings. The zero-order chi connectivity index (χ0) is 68.7. The van der Waals surface area contributed by atoms with Gasteiger partial charge in [-0.1, -0.05) is 249 Å². The molecule has 96 heavy (non-hydrogen) atoms. The fourth-order valence-corrected chi connectivity index (χ4v) is 14.1. The van der Waals surface area contributed by atoms with E-state index >= 15 is 0 Å². The van der Waals surface area contributed by atoms with Gasteiger partial charge in [0.2, 0.25) is 5.69 Å². The van der Waals surface area contributed by atoms with Crippen LogP contribution in [0, 0.1) is 6.57 Å². The highest BCUT2D eigenvalue weighted by Crippen LogP contribution is 2.54. The SMILES string of the molecule is [C-]#[N+]c1cccc2c1oc1c2ccc2c1c1ccc(Oc3cc(-c4c(C(C)(C)C)cccc4C(C)(C)C)cc(N4CN(c5c(-c6cc(C(C)(C)C)cc(C(C)(C)C)c6)cccc5-c5cc(C(C)(C)C)cc(C(C)(C)C)c5)c5ccccc54)c3)cc1n2-c1cc(C(C)(C)C)ccn1. The monoisotopic (exact) mass is 1270 g/mol. The third kappa shape index (κ3) is 11.8. The second-order valence-corrected chi connectivity index (χ2v) is 34.2. The highest BCUT2D eigenvalue weighted by molar-refractivity contribution is 6.24. The fourth-order valence-electron chi connectivity index (χ4n) is 14.1. The number of aromatic nitrogens is 2. The van der Waals surface area contributed by atoms with E-state index in [1.54, 1.807) is 0 Å². The molecule has 0 radical (unpaired) electrons. The molecule has 9 aromatic carbocycles. The van der Waals surface area contributed by atoms with Gasteiger partial charge in [0, 0.05) is 51.3 Å². The van der Waals surface area contributed by atoms with Crippen molar-refractivity contribution in [2.75, 3.05) is 16.5 Å². The van der Waals surface area contributed by atoms with Gasteiger partial charge in [0.1, 0.15) is 35.2 Å². The zero-order valence-electron chi connectivity index (χ0n) is 60.6. The summed E-state index contributed by atoms with van der Waals surface area (Å²) in [5.74, 6) is 2.19. The molecule has 0 unspecified atom stereocenters. The molecule has 1 aliphatic rings. The summed E-state index contributed by atoms with van der Waals surface area (Å²) in [5.41, 5.74) is 23.3. The normalized spacial score (nSPS) is 13.6. The van der Waals surface area contributed by atoms with E-state index in [1.165, 1.54) is 72.4 Å². The Bertz CT molecular complexity index is 4940. The van der Waals surface area contributed by atoms with E-state index in [4.69, 9.17) is 20.7 Å². The van der Waals surface area contributed by atoms with Gasteiger partial charge in [-0.2, -0.15) is 0 Å². The third-order valence-electron chi connectivity index (χ3n) is 19.7. The first-order valence-electron chi connectivity index (χ1n) is 34.3. The van der Waals surface area contributed by atoms with Gasteiger partial charge in [-0.25, -0.2) is 9.83 Å². The van der Waals surface area contributed by atoms with Crippen molar-refractivity contribution in [1.82, 2.24) is 9.55 Å². The first kappa shape index (κ1) is 65.3. The lowest BCUT2D eigenvalue weighted by atomic mass is 9.74. The zero-order valence-corrected chi connectivity index (χ0v) is 60.6. The van der Waals surface area contributed by atoms with Gasteiger partial charge < -0.3 is 19.0 Å². The predicted molar refractivity (Wildman–Crippen MR) is 408 cm³/mol. The van der Waals surface area contributed by atoms with Crippen LogP contribution in [0.3, 0.4) is 0 Å². The van der Waals surface area contributed by atoms with Gasteiger partial charge in [0.15, 0.2) is 0 Å². The van der Waals surface area contributed by atoms with Crippen molar-refractivity contribution < 1.29 is 9.15 Å². The second kappa shape index (κ2) is 22.9. The second-order valence-electron chi connectivity index (χ2n) is 34.2. The lowest BCUT2D eigenvalue weighted by Crippen LogP contribution is -2.25. The maximum Gasteiger partial charge on any atom is 0.229 e. The average molecular weight is 1270 g/mol. The maximum absolute atomic E-state index is 8.07. The number of fused-ring (bicyclic) bond motifs is 8. The molecule has 3 aromatic heterocycles. The van der Waals surface area contributed by atoms with Crippen molar-refractivity contribution >= 4 is 72.2 Å². The average Bonchev–Trinajstić information content (AvgIpc) is 1.55. The van der Waals surface area contributed by atoms with Crippen molar-refractivity contribution in [2.24, 2.45) is 0 Å². The molecule has 12 aromatic rings. The minimum atomic E-state index is -0.196. The van der Waals surface area contributed by atoms with Crippen LogP contribution in [0.15, 0.2) is 187 Å². The summed E-state index contributed by atoms with van der Waals surface area (Å²) >= 11 is 0. The van der Waals surface area contributed by atoms with Crippen molar-refractivity contribution in [3.8, 4) is 50.7 Å². The molecule has 0 amide bonds.